The van der Waals surface area contributed by atoms with Crippen LogP contribution >= 0.6 is 20.5 Å². The molecule has 0 aliphatic heterocycles. The van der Waals surface area contributed by atoms with Crippen LogP contribution in [-0.4, -0.2) is 82.8 Å². The van der Waals surface area contributed by atoms with Crippen LogP contribution in [0.2, 0.25) is 0 Å². The molecular weight excluding hydrogens is 404 g/mol. The normalized spacial score (nSPS) is 19.7. The van der Waals surface area contributed by atoms with E-state index < -0.39 is 27.8 Å². The van der Waals surface area contributed by atoms with Gasteiger partial charge in [0.15, 0.2) is 0 Å². The van der Waals surface area contributed by atoms with E-state index in [1.807, 2.05) is 0 Å². The first kappa shape index (κ1) is 29.2. The predicted octanol–water partition coefficient (Wildman–Crippen LogP) is 7.49. The first-order chi connectivity index (χ1) is 11.4. The van der Waals surface area contributed by atoms with E-state index in [9.17, 15) is 0 Å². The summed E-state index contributed by atoms with van der Waals surface area (Å²) in [6, 6.07) is 0. The van der Waals surface area contributed by atoms with Crippen LogP contribution in [0.25, 0.3) is 0 Å². The van der Waals surface area contributed by atoms with E-state index >= 15 is 0 Å². The first-order valence-corrected chi connectivity index (χ1v) is 20.9. The third-order valence-electron chi connectivity index (χ3n) is 8.22. The van der Waals surface area contributed by atoms with E-state index in [1.165, 1.54) is 0 Å². The Bertz CT molecular complexity index is 497. The van der Waals surface area contributed by atoms with Crippen molar-refractivity contribution in [1.82, 2.24) is 0 Å². The van der Waals surface area contributed by atoms with E-state index in [4.69, 9.17) is 13.3 Å². The third-order valence-corrected chi connectivity index (χ3v) is 24.7. The fourth-order valence-corrected chi connectivity index (χ4v) is 4.65. The van der Waals surface area contributed by atoms with Crippen LogP contribution in [0.1, 0.15) is 62.3 Å². The summed E-state index contributed by atoms with van der Waals surface area (Å²) in [5, 5.41) is 0.0755. The second kappa shape index (κ2) is 6.86. The Hall–Kier alpha value is 1.23. The fourth-order valence-electron chi connectivity index (χ4n) is 1.44. The van der Waals surface area contributed by atoms with Gasteiger partial charge < -0.3 is 0 Å². The van der Waals surface area contributed by atoms with Gasteiger partial charge in [-0.25, -0.2) is 0 Å². The van der Waals surface area contributed by atoms with Gasteiger partial charge in [0, 0.05) is 0 Å². The van der Waals surface area contributed by atoms with Gasteiger partial charge in [-0.3, -0.25) is 0 Å². The Kier molecular flexibility index (Phi) is 7.17. The van der Waals surface area contributed by atoms with Gasteiger partial charge in [0.05, 0.1) is 0 Å². The molecule has 0 saturated heterocycles. The fraction of sp³-hybridized carbons (Fsp3) is 1.00. The number of hydrogen-bond acceptors (Lipinski definition) is 3. The van der Waals surface area contributed by atoms with Gasteiger partial charge in [0.1, 0.15) is 0 Å². The zero-order valence-corrected chi connectivity index (χ0v) is 25.3. The molecular formula is C21H54BO3P3. The summed E-state index contributed by atoms with van der Waals surface area (Å²) < 4.78 is 20.8. The molecule has 0 aromatic rings. The van der Waals surface area contributed by atoms with E-state index in [1.54, 1.807) is 0 Å². The van der Waals surface area contributed by atoms with E-state index in [-0.39, 0.29) is 15.5 Å². The first-order valence-electron chi connectivity index (χ1n) is 10.5. The Balaban J connectivity index is 6.40. The van der Waals surface area contributed by atoms with Crippen LogP contribution in [0, 0.1) is 0 Å². The molecule has 0 aromatic carbocycles. The molecule has 0 rings (SSSR count). The second-order valence-electron chi connectivity index (χ2n) is 15.1. The molecule has 3 nitrogen and oxygen atoms in total. The Labute approximate surface area is 179 Å². The van der Waals surface area contributed by atoms with Gasteiger partial charge >= 0.3 is 179 Å². The molecule has 28 heavy (non-hydrogen) atoms. The zero-order chi connectivity index (χ0) is 23.5. The summed E-state index contributed by atoms with van der Waals surface area (Å²) in [6.07, 6.45) is 0. The van der Waals surface area contributed by atoms with Crippen molar-refractivity contribution in [3.05, 3.63) is 0 Å². The Morgan fingerprint density at radius 2 is 0.536 bits per heavy atom. The summed E-state index contributed by atoms with van der Waals surface area (Å²) in [4.78, 5) is 0. The molecule has 0 amide bonds. The van der Waals surface area contributed by atoms with Crippen LogP contribution < -0.4 is 0 Å². The van der Waals surface area contributed by atoms with Crippen LogP contribution in [0.15, 0.2) is 0 Å². The third kappa shape index (κ3) is 6.14. The molecule has 0 saturated carbocycles. The molecule has 0 unspecified atom stereocenters. The molecule has 0 N–H and O–H groups in total. The van der Waals surface area contributed by atoms with Crippen molar-refractivity contribution in [3.63, 3.8) is 0 Å². The minimum absolute atomic E-state index is 0.0252. The van der Waals surface area contributed by atoms with Gasteiger partial charge in [0.25, 0.3) is 0 Å². The number of hydrogen-bond donors (Lipinski definition) is 0. The van der Waals surface area contributed by atoms with Crippen molar-refractivity contribution in [2.75, 3.05) is 60.0 Å². The SMILES string of the molecule is CC(C)(C)P(C)(C)(C)OB(OP(C)(C)(C)C(C)(C)C)OP(C)(C)(C)C(C)(C)C. The zero-order valence-electron chi connectivity index (χ0n) is 22.6. The standard InChI is InChI=1S/C21H54BO3P3/c1-19(2,3)26(10,11,12)23-22(24-27(13,14,15)20(4,5)6)25-28(16,17,18)21(7,8)9/h1-18H3. The van der Waals surface area contributed by atoms with Crippen molar-refractivity contribution in [1.29, 1.82) is 0 Å². The Morgan fingerprint density at radius 1 is 0.393 bits per heavy atom. The molecule has 0 aliphatic rings. The van der Waals surface area contributed by atoms with Crippen molar-refractivity contribution in [2.24, 2.45) is 0 Å². The molecule has 0 heterocycles. The maximum atomic E-state index is 6.93. The van der Waals surface area contributed by atoms with Crippen molar-refractivity contribution >= 4 is 27.8 Å². The van der Waals surface area contributed by atoms with Crippen molar-refractivity contribution < 1.29 is 13.3 Å². The monoisotopic (exact) mass is 458 g/mol. The van der Waals surface area contributed by atoms with E-state index in [0.717, 1.165) is 0 Å². The van der Waals surface area contributed by atoms with Crippen molar-refractivity contribution in [2.45, 2.75) is 77.8 Å². The second-order valence-corrected chi connectivity index (χ2v) is 35.6. The number of rotatable bonds is 6. The molecule has 0 aromatic heterocycles. The maximum absolute atomic E-state index is 6.93. The molecule has 174 valence electrons. The van der Waals surface area contributed by atoms with Gasteiger partial charge in [-0.05, 0) is 0 Å². The molecule has 0 aliphatic carbocycles. The van der Waals surface area contributed by atoms with Crippen LogP contribution in [0.5, 0.6) is 0 Å². The summed E-state index contributed by atoms with van der Waals surface area (Å²) in [5.41, 5.74) is 0. The minimum atomic E-state index is -2.55. The van der Waals surface area contributed by atoms with Gasteiger partial charge in [-0.2, -0.15) is 0 Å². The summed E-state index contributed by atoms with van der Waals surface area (Å²) >= 11 is 0. The van der Waals surface area contributed by atoms with Crippen LogP contribution in [0.3, 0.4) is 0 Å². The van der Waals surface area contributed by atoms with Gasteiger partial charge in [-0.1, -0.05) is 0 Å². The van der Waals surface area contributed by atoms with Crippen LogP contribution in [0.4, 0.5) is 0 Å². The molecule has 0 spiro atoms. The summed E-state index contributed by atoms with van der Waals surface area (Å²) in [5.74, 6) is 0. The molecule has 0 atom stereocenters. The average molecular weight is 458 g/mol. The molecule has 7 heteroatoms. The Morgan fingerprint density at radius 3 is 0.643 bits per heavy atom. The van der Waals surface area contributed by atoms with E-state index in [2.05, 4.69) is 122 Å². The summed E-state index contributed by atoms with van der Waals surface area (Å²) in [7, 11) is -0.661. The topological polar surface area (TPSA) is 27.7 Å². The predicted molar refractivity (Wildman–Crippen MR) is 142 cm³/mol. The molecule has 0 fully saturated rings. The van der Waals surface area contributed by atoms with Crippen LogP contribution in [-0.2, 0) is 13.3 Å². The van der Waals surface area contributed by atoms with E-state index in [0.29, 0.717) is 0 Å². The van der Waals surface area contributed by atoms with Gasteiger partial charge in [0.2, 0.25) is 0 Å². The summed E-state index contributed by atoms with van der Waals surface area (Å²) in [6.45, 7) is 33.3. The molecule has 0 radical (unpaired) electrons. The van der Waals surface area contributed by atoms with Crippen molar-refractivity contribution in [3.8, 4) is 0 Å². The quantitative estimate of drug-likeness (QED) is 0.305. The van der Waals surface area contributed by atoms with Gasteiger partial charge in [-0.15, -0.1) is 0 Å². The average Bonchev–Trinajstić information content (AvgIpc) is 2.16. The molecule has 0 bridgehead atoms.